The number of guanidine groups is 1. The van der Waals surface area contributed by atoms with Gasteiger partial charge in [-0.25, -0.2) is 0 Å². The minimum atomic E-state index is 0.598. The molecule has 0 amide bonds. The Morgan fingerprint density at radius 2 is 1.74 bits per heavy atom. The van der Waals surface area contributed by atoms with Gasteiger partial charge < -0.3 is 10.2 Å². The summed E-state index contributed by atoms with van der Waals surface area (Å²) in [6.45, 7) is 15.5. The maximum Gasteiger partial charge on any atom is 0.194 e. The first-order valence-corrected chi connectivity index (χ1v) is 10.6. The largest absolute Gasteiger partial charge is 0.357 e. The lowest BCUT2D eigenvalue weighted by Crippen LogP contribution is -2.62. The third kappa shape index (κ3) is 4.81. The van der Waals surface area contributed by atoms with Crippen molar-refractivity contribution in [3.63, 3.8) is 0 Å². The number of piperazine rings is 4. The maximum atomic E-state index is 5.03. The van der Waals surface area contributed by atoms with Gasteiger partial charge in [0.15, 0.2) is 5.96 Å². The second kappa shape index (κ2) is 9.04. The van der Waals surface area contributed by atoms with E-state index in [2.05, 4.69) is 62.2 Å². The molecule has 0 aromatic heterocycles. The molecule has 27 heavy (non-hydrogen) atoms. The molecular formula is C21H34N6. The van der Waals surface area contributed by atoms with Gasteiger partial charge in [-0.2, -0.15) is 0 Å². The third-order valence-corrected chi connectivity index (χ3v) is 6.10. The quantitative estimate of drug-likeness (QED) is 0.612. The van der Waals surface area contributed by atoms with Crippen LogP contribution in [0.15, 0.2) is 35.3 Å². The molecule has 1 unspecified atom stereocenters. The van der Waals surface area contributed by atoms with Crippen molar-refractivity contribution in [3.8, 4) is 0 Å². The van der Waals surface area contributed by atoms with Crippen LogP contribution in [0.3, 0.4) is 0 Å². The number of nitrogens with one attached hydrogen (secondary N) is 1. The van der Waals surface area contributed by atoms with E-state index in [4.69, 9.17) is 4.99 Å². The highest BCUT2D eigenvalue weighted by Gasteiger charge is 2.31. The van der Waals surface area contributed by atoms with Crippen molar-refractivity contribution in [1.29, 1.82) is 0 Å². The fraction of sp³-hybridized carbons (Fsp3) is 0.667. The van der Waals surface area contributed by atoms with E-state index in [9.17, 15) is 0 Å². The topological polar surface area (TPSA) is 37.4 Å². The fourth-order valence-electron chi connectivity index (χ4n) is 4.47. The number of nitrogens with zero attached hydrogens (tertiary/aromatic N) is 5. The molecule has 1 N–H and O–H groups in total. The Balaban J connectivity index is 1.30. The van der Waals surface area contributed by atoms with Crippen molar-refractivity contribution in [3.05, 3.63) is 35.9 Å². The molecule has 0 radical (unpaired) electrons. The minimum Gasteiger partial charge on any atom is -0.357 e. The van der Waals surface area contributed by atoms with Crippen LogP contribution in [-0.4, -0.2) is 104 Å². The number of hydrogen-bond acceptors (Lipinski definition) is 4. The molecule has 1 aromatic carbocycles. The number of fused-ring (bicyclic) bond motifs is 3. The third-order valence-electron chi connectivity index (χ3n) is 6.10. The fourth-order valence-corrected chi connectivity index (χ4v) is 4.47. The molecule has 4 heterocycles. The van der Waals surface area contributed by atoms with Gasteiger partial charge in [0.25, 0.3) is 0 Å². The predicted octanol–water partition coefficient (Wildman–Crippen LogP) is 0.770. The lowest BCUT2D eigenvalue weighted by molar-refractivity contribution is 0.0173. The van der Waals surface area contributed by atoms with Gasteiger partial charge in [-0.1, -0.05) is 30.3 Å². The Bertz CT molecular complexity index is 602. The highest BCUT2D eigenvalue weighted by molar-refractivity contribution is 5.80. The normalized spacial score (nSPS) is 29.1. The van der Waals surface area contributed by atoms with E-state index in [-0.39, 0.29) is 0 Å². The molecule has 1 atom stereocenters. The second-order valence-corrected chi connectivity index (χ2v) is 7.93. The molecule has 6 nitrogen and oxygen atoms in total. The molecule has 4 aliphatic rings. The van der Waals surface area contributed by atoms with Crippen molar-refractivity contribution >= 4 is 5.96 Å². The number of hydrogen-bond donors (Lipinski definition) is 1. The van der Waals surface area contributed by atoms with Crippen molar-refractivity contribution in [2.45, 2.75) is 19.5 Å². The lowest BCUT2D eigenvalue weighted by Gasteiger charge is -2.47. The van der Waals surface area contributed by atoms with Crippen LogP contribution >= 0.6 is 0 Å². The molecule has 6 heteroatoms. The van der Waals surface area contributed by atoms with E-state index in [1.54, 1.807) is 0 Å². The molecule has 4 aliphatic heterocycles. The van der Waals surface area contributed by atoms with Crippen LogP contribution in [0.4, 0.5) is 0 Å². The lowest BCUT2D eigenvalue weighted by atomic mass is 10.1. The van der Waals surface area contributed by atoms with Gasteiger partial charge in [0.2, 0.25) is 0 Å². The first-order valence-electron chi connectivity index (χ1n) is 10.6. The van der Waals surface area contributed by atoms with Crippen LogP contribution in [0, 0.1) is 0 Å². The summed E-state index contributed by atoms with van der Waals surface area (Å²) in [5.41, 5.74) is 1.41. The van der Waals surface area contributed by atoms with Gasteiger partial charge >= 0.3 is 0 Å². The van der Waals surface area contributed by atoms with Gasteiger partial charge in [0.05, 0.1) is 6.54 Å². The highest BCUT2D eigenvalue weighted by atomic mass is 15.4. The minimum absolute atomic E-state index is 0.598. The summed E-state index contributed by atoms with van der Waals surface area (Å²) < 4.78 is 0. The molecule has 0 aliphatic carbocycles. The van der Waals surface area contributed by atoms with E-state index >= 15 is 0 Å². The second-order valence-electron chi connectivity index (χ2n) is 7.93. The molecular weight excluding hydrogens is 336 g/mol. The number of benzene rings is 1. The van der Waals surface area contributed by atoms with Crippen LogP contribution < -0.4 is 5.32 Å². The van der Waals surface area contributed by atoms with Crippen LogP contribution in [0.5, 0.6) is 0 Å². The SMILES string of the molecule is CCNC(=NCC1CN2CCN1CC2)N1CCN(Cc2ccccc2)CC1. The highest BCUT2D eigenvalue weighted by Crippen LogP contribution is 2.16. The van der Waals surface area contributed by atoms with E-state index in [0.29, 0.717) is 6.04 Å². The van der Waals surface area contributed by atoms with Gasteiger partial charge in [-0.15, -0.1) is 0 Å². The number of aliphatic imine (C=N–C) groups is 1. The first kappa shape index (κ1) is 18.7. The Hall–Kier alpha value is -1.63. The molecule has 5 rings (SSSR count). The Labute approximate surface area is 163 Å². The number of rotatable bonds is 5. The van der Waals surface area contributed by atoms with Crippen LogP contribution in [0.1, 0.15) is 12.5 Å². The van der Waals surface area contributed by atoms with E-state index in [0.717, 1.165) is 51.8 Å². The van der Waals surface area contributed by atoms with Crippen molar-refractivity contribution in [1.82, 2.24) is 24.9 Å². The summed E-state index contributed by atoms with van der Waals surface area (Å²) in [6.07, 6.45) is 0. The predicted molar refractivity (Wildman–Crippen MR) is 111 cm³/mol. The van der Waals surface area contributed by atoms with Crippen LogP contribution in [0.25, 0.3) is 0 Å². The summed E-state index contributed by atoms with van der Waals surface area (Å²) in [5.74, 6) is 1.11. The average Bonchev–Trinajstić information content (AvgIpc) is 2.73. The molecule has 4 fully saturated rings. The smallest absolute Gasteiger partial charge is 0.194 e. The van der Waals surface area contributed by atoms with Crippen molar-refractivity contribution < 1.29 is 0 Å². The summed E-state index contributed by atoms with van der Waals surface area (Å²) in [5, 5.41) is 3.53. The van der Waals surface area contributed by atoms with E-state index < -0.39 is 0 Å². The average molecular weight is 371 g/mol. The molecule has 0 saturated carbocycles. The van der Waals surface area contributed by atoms with Crippen LogP contribution in [-0.2, 0) is 6.54 Å². The molecule has 0 spiro atoms. The summed E-state index contributed by atoms with van der Waals surface area (Å²) >= 11 is 0. The van der Waals surface area contributed by atoms with Crippen LogP contribution in [0.2, 0.25) is 0 Å². The van der Waals surface area contributed by atoms with Gasteiger partial charge in [-0.05, 0) is 12.5 Å². The molecule has 2 bridgehead atoms. The zero-order valence-corrected chi connectivity index (χ0v) is 16.7. The Morgan fingerprint density at radius 3 is 2.37 bits per heavy atom. The standard InChI is InChI=1S/C21H34N6/c1-2-22-21(23-16-20-18-25-8-12-26(20)13-9-25)27-14-10-24(11-15-27)17-19-6-4-3-5-7-19/h3-7,20H,2,8-18H2,1H3,(H,22,23). The van der Waals surface area contributed by atoms with Gasteiger partial charge in [-0.3, -0.25) is 19.7 Å². The summed E-state index contributed by atoms with van der Waals surface area (Å²) in [6, 6.07) is 11.4. The van der Waals surface area contributed by atoms with E-state index in [1.165, 1.54) is 38.3 Å². The molecule has 1 aromatic rings. The first-order chi connectivity index (χ1) is 13.3. The molecule has 4 saturated heterocycles. The monoisotopic (exact) mass is 370 g/mol. The van der Waals surface area contributed by atoms with Gasteiger partial charge in [0.1, 0.15) is 0 Å². The van der Waals surface area contributed by atoms with Gasteiger partial charge in [0, 0.05) is 78.0 Å². The van der Waals surface area contributed by atoms with Crippen molar-refractivity contribution in [2.75, 3.05) is 72.0 Å². The van der Waals surface area contributed by atoms with E-state index in [1.807, 2.05) is 0 Å². The maximum absolute atomic E-state index is 5.03. The zero-order chi connectivity index (χ0) is 18.5. The summed E-state index contributed by atoms with van der Waals surface area (Å²) in [7, 11) is 0. The Kier molecular flexibility index (Phi) is 6.27. The Morgan fingerprint density at radius 1 is 1.00 bits per heavy atom. The molecule has 148 valence electrons. The van der Waals surface area contributed by atoms with Crippen molar-refractivity contribution in [2.24, 2.45) is 4.99 Å². The zero-order valence-electron chi connectivity index (χ0n) is 16.7. The summed E-state index contributed by atoms with van der Waals surface area (Å²) in [4.78, 5) is 15.3.